The van der Waals surface area contributed by atoms with Crippen LogP contribution < -0.4 is 5.32 Å². The number of benzene rings is 1. The van der Waals surface area contributed by atoms with Crippen LogP contribution in [0.5, 0.6) is 0 Å². The molecule has 1 aromatic heterocycles. The van der Waals surface area contributed by atoms with Gasteiger partial charge < -0.3 is 15.4 Å². The molecule has 0 bridgehead atoms. The quantitative estimate of drug-likeness (QED) is 0.756. The monoisotopic (exact) mass is 274 g/mol. The standard InChI is InChI=1S/C15H18N2O3/c1-2-10(8-14(18)19)9-17-15(20)12-4-3-5-13-11(12)6-7-16-13/h3-7,10,16H,2,8-9H2,1H3,(H,17,20)(H,18,19). The molecule has 3 N–H and O–H groups in total. The van der Waals surface area contributed by atoms with Crippen molar-refractivity contribution in [1.29, 1.82) is 0 Å². The number of aliphatic carboxylic acids is 1. The molecule has 0 aliphatic rings. The number of aromatic amines is 1. The van der Waals surface area contributed by atoms with Crippen molar-refractivity contribution in [3.8, 4) is 0 Å². The Bertz CT molecular complexity index is 618. The molecule has 1 amide bonds. The average Bonchev–Trinajstić information content (AvgIpc) is 2.90. The summed E-state index contributed by atoms with van der Waals surface area (Å²) in [6.45, 7) is 2.30. The number of aromatic nitrogens is 1. The van der Waals surface area contributed by atoms with E-state index in [4.69, 9.17) is 5.11 Å². The first-order valence-electron chi connectivity index (χ1n) is 6.68. The van der Waals surface area contributed by atoms with Crippen molar-refractivity contribution in [2.45, 2.75) is 19.8 Å². The van der Waals surface area contributed by atoms with Gasteiger partial charge in [0.15, 0.2) is 0 Å². The molecule has 5 nitrogen and oxygen atoms in total. The predicted molar refractivity (Wildman–Crippen MR) is 76.7 cm³/mol. The zero-order valence-electron chi connectivity index (χ0n) is 11.3. The van der Waals surface area contributed by atoms with Crippen LogP contribution in [0.15, 0.2) is 30.5 Å². The largest absolute Gasteiger partial charge is 0.481 e. The Kier molecular flexibility index (Phi) is 4.40. The summed E-state index contributed by atoms with van der Waals surface area (Å²) in [6.07, 6.45) is 2.59. The van der Waals surface area contributed by atoms with E-state index in [2.05, 4.69) is 10.3 Å². The van der Waals surface area contributed by atoms with Crippen molar-refractivity contribution >= 4 is 22.8 Å². The molecule has 106 valence electrons. The molecule has 0 aliphatic heterocycles. The number of amides is 1. The maximum atomic E-state index is 12.2. The summed E-state index contributed by atoms with van der Waals surface area (Å²) >= 11 is 0. The molecule has 1 aromatic carbocycles. The van der Waals surface area contributed by atoms with Crippen molar-refractivity contribution < 1.29 is 14.7 Å². The van der Waals surface area contributed by atoms with E-state index in [0.717, 1.165) is 17.3 Å². The molecule has 1 atom stereocenters. The first-order valence-corrected chi connectivity index (χ1v) is 6.68. The van der Waals surface area contributed by atoms with Gasteiger partial charge in [0.25, 0.3) is 5.91 Å². The minimum atomic E-state index is -0.834. The van der Waals surface area contributed by atoms with Gasteiger partial charge >= 0.3 is 5.97 Å². The molecule has 1 heterocycles. The minimum absolute atomic E-state index is 0.0399. The molecule has 0 radical (unpaired) electrons. The van der Waals surface area contributed by atoms with Crippen molar-refractivity contribution in [1.82, 2.24) is 10.3 Å². The number of rotatable bonds is 6. The number of carbonyl (C=O) groups excluding carboxylic acids is 1. The Hall–Kier alpha value is -2.30. The summed E-state index contributed by atoms with van der Waals surface area (Å²) in [7, 11) is 0. The van der Waals surface area contributed by atoms with Gasteiger partial charge in [-0.3, -0.25) is 9.59 Å². The molecule has 5 heteroatoms. The Morgan fingerprint density at radius 2 is 2.15 bits per heavy atom. The highest BCUT2D eigenvalue weighted by Gasteiger charge is 2.14. The van der Waals surface area contributed by atoms with E-state index in [1.165, 1.54) is 0 Å². The van der Waals surface area contributed by atoms with E-state index in [9.17, 15) is 9.59 Å². The van der Waals surface area contributed by atoms with Gasteiger partial charge in [-0.1, -0.05) is 19.4 Å². The summed E-state index contributed by atoms with van der Waals surface area (Å²) in [6, 6.07) is 7.36. The van der Waals surface area contributed by atoms with Crippen LogP contribution in [0.4, 0.5) is 0 Å². The molecule has 0 spiro atoms. The predicted octanol–water partition coefficient (Wildman–Crippen LogP) is 2.40. The van der Waals surface area contributed by atoms with E-state index < -0.39 is 5.97 Å². The molecular weight excluding hydrogens is 256 g/mol. The van der Waals surface area contributed by atoms with Crippen LogP contribution in [0.25, 0.3) is 10.9 Å². The van der Waals surface area contributed by atoms with Crippen molar-refractivity contribution in [2.75, 3.05) is 6.54 Å². The van der Waals surface area contributed by atoms with Gasteiger partial charge in [0, 0.05) is 35.6 Å². The van der Waals surface area contributed by atoms with Crippen LogP contribution in [0.1, 0.15) is 30.1 Å². The highest BCUT2D eigenvalue weighted by molar-refractivity contribution is 6.06. The second kappa shape index (κ2) is 6.23. The molecule has 0 saturated heterocycles. The highest BCUT2D eigenvalue weighted by atomic mass is 16.4. The lowest BCUT2D eigenvalue weighted by atomic mass is 10.0. The Labute approximate surface area is 117 Å². The van der Waals surface area contributed by atoms with Gasteiger partial charge in [0.1, 0.15) is 0 Å². The SMILES string of the molecule is CCC(CNC(=O)c1cccc2[nH]ccc12)CC(=O)O. The van der Waals surface area contributed by atoms with Gasteiger partial charge in [0.05, 0.1) is 0 Å². The van der Waals surface area contributed by atoms with E-state index in [1.807, 2.05) is 25.1 Å². The van der Waals surface area contributed by atoms with Crippen molar-refractivity contribution in [3.63, 3.8) is 0 Å². The summed E-state index contributed by atoms with van der Waals surface area (Å²) in [5, 5.41) is 12.5. The first kappa shape index (κ1) is 14.1. The molecule has 20 heavy (non-hydrogen) atoms. The minimum Gasteiger partial charge on any atom is -0.481 e. The van der Waals surface area contributed by atoms with Crippen molar-refractivity contribution in [2.24, 2.45) is 5.92 Å². The highest BCUT2D eigenvalue weighted by Crippen LogP contribution is 2.17. The summed E-state index contributed by atoms with van der Waals surface area (Å²) in [5.74, 6) is -1.04. The zero-order chi connectivity index (χ0) is 14.5. The van der Waals surface area contributed by atoms with E-state index in [-0.39, 0.29) is 18.2 Å². The Balaban J connectivity index is 2.05. The smallest absolute Gasteiger partial charge is 0.303 e. The lowest BCUT2D eigenvalue weighted by Crippen LogP contribution is -2.30. The Morgan fingerprint density at radius 1 is 1.35 bits per heavy atom. The third-order valence-electron chi connectivity index (χ3n) is 3.43. The number of hydrogen-bond acceptors (Lipinski definition) is 2. The topological polar surface area (TPSA) is 82.2 Å². The number of carbonyl (C=O) groups is 2. The summed E-state index contributed by atoms with van der Waals surface area (Å²) in [4.78, 5) is 26.0. The van der Waals surface area contributed by atoms with E-state index >= 15 is 0 Å². The molecule has 2 aromatic rings. The zero-order valence-corrected chi connectivity index (χ0v) is 11.3. The third kappa shape index (κ3) is 3.17. The number of H-pyrrole nitrogens is 1. The lowest BCUT2D eigenvalue weighted by molar-refractivity contribution is -0.138. The fraction of sp³-hybridized carbons (Fsp3) is 0.333. The van der Waals surface area contributed by atoms with Crippen LogP contribution in [-0.4, -0.2) is 28.5 Å². The lowest BCUT2D eigenvalue weighted by Gasteiger charge is -2.13. The number of carboxylic acids is 1. The second-order valence-electron chi connectivity index (χ2n) is 4.83. The maximum Gasteiger partial charge on any atom is 0.303 e. The van der Waals surface area contributed by atoms with Crippen LogP contribution in [0, 0.1) is 5.92 Å². The van der Waals surface area contributed by atoms with Crippen LogP contribution in [0.3, 0.4) is 0 Å². The summed E-state index contributed by atoms with van der Waals surface area (Å²) in [5.41, 5.74) is 1.52. The molecular formula is C15H18N2O3. The van der Waals surface area contributed by atoms with Gasteiger partial charge in [0.2, 0.25) is 0 Å². The van der Waals surface area contributed by atoms with Crippen LogP contribution >= 0.6 is 0 Å². The summed E-state index contributed by atoms with van der Waals surface area (Å²) < 4.78 is 0. The van der Waals surface area contributed by atoms with Crippen molar-refractivity contribution in [3.05, 3.63) is 36.0 Å². The number of nitrogens with one attached hydrogen (secondary N) is 2. The van der Waals surface area contributed by atoms with Gasteiger partial charge in [-0.2, -0.15) is 0 Å². The third-order valence-corrected chi connectivity index (χ3v) is 3.43. The number of carboxylic acid groups (broad SMARTS) is 1. The van der Waals surface area contributed by atoms with Crippen LogP contribution in [-0.2, 0) is 4.79 Å². The number of hydrogen-bond donors (Lipinski definition) is 3. The fourth-order valence-corrected chi connectivity index (χ4v) is 2.22. The first-order chi connectivity index (χ1) is 9.61. The molecule has 1 unspecified atom stereocenters. The number of fused-ring (bicyclic) bond motifs is 1. The van der Waals surface area contributed by atoms with E-state index in [0.29, 0.717) is 12.1 Å². The van der Waals surface area contributed by atoms with Gasteiger partial charge in [-0.25, -0.2) is 0 Å². The normalized spacial score (nSPS) is 12.2. The maximum absolute atomic E-state index is 12.2. The van der Waals surface area contributed by atoms with E-state index in [1.54, 1.807) is 12.3 Å². The van der Waals surface area contributed by atoms with Gasteiger partial charge in [-0.15, -0.1) is 0 Å². The van der Waals surface area contributed by atoms with Gasteiger partial charge in [-0.05, 0) is 24.1 Å². The Morgan fingerprint density at radius 3 is 2.85 bits per heavy atom. The van der Waals surface area contributed by atoms with Crippen LogP contribution in [0.2, 0.25) is 0 Å². The second-order valence-corrected chi connectivity index (χ2v) is 4.83. The average molecular weight is 274 g/mol. The molecule has 0 aliphatic carbocycles. The molecule has 2 rings (SSSR count). The molecule has 0 saturated carbocycles. The fourth-order valence-electron chi connectivity index (χ4n) is 2.22. The molecule has 0 fully saturated rings.